The van der Waals surface area contributed by atoms with Crippen LogP contribution in [0.3, 0.4) is 0 Å². The highest BCUT2D eigenvalue weighted by Crippen LogP contribution is 2.29. The molecule has 0 aromatic heterocycles. The Balaban J connectivity index is 2.01. The highest BCUT2D eigenvalue weighted by Gasteiger charge is 2.32. The quantitative estimate of drug-likeness (QED) is 0.871. The fourth-order valence-corrected chi connectivity index (χ4v) is 3.06. The Morgan fingerprint density at radius 1 is 1.25 bits per heavy atom. The smallest absolute Gasteiger partial charge is 0.314 e. The fourth-order valence-electron chi connectivity index (χ4n) is 3.06. The van der Waals surface area contributed by atoms with Gasteiger partial charge in [-0.2, -0.15) is 0 Å². The van der Waals surface area contributed by atoms with Crippen molar-refractivity contribution in [1.29, 1.82) is 0 Å². The SMILES string of the molecule is COC(=O)[C@@H](c1ccc2ccccc2c1)[C@H]1CCCN1. The van der Waals surface area contributed by atoms with E-state index in [1.807, 2.05) is 18.2 Å². The summed E-state index contributed by atoms with van der Waals surface area (Å²) in [5.74, 6) is -0.369. The summed E-state index contributed by atoms with van der Waals surface area (Å²) in [5, 5.41) is 5.78. The molecule has 3 nitrogen and oxygen atoms in total. The number of nitrogens with one attached hydrogen (secondary N) is 1. The van der Waals surface area contributed by atoms with Gasteiger partial charge in [-0.25, -0.2) is 0 Å². The maximum Gasteiger partial charge on any atom is 0.314 e. The van der Waals surface area contributed by atoms with Crippen LogP contribution in [0.4, 0.5) is 0 Å². The third kappa shape index (κ3) is 2.41. The molecule has 0 radical (unpaired) electrons. The van der Waals surface area contributed by atoms with Crippen LogP contribution in [-0.4, -0.2) is 25.7 Å². The van der Waals surface area contributed by atoms with Gasteiger partial charge in [-0.05, 0) is 35.7 Å². The van der Waals surface area contributed by atoms with E-state index in [-0.39, 0.29) is 17.9 Å². The maximum absolute atomic E-state index is 12.2. The molecule has 2 aromatic rings. The molecule has 0 spiro atoms. The summed E-state index contributed by atoms with van der Waals surface area (Å²) in [6, 6.07) is 14.6. The van der Waals surface area contributed by atoms with E-state index in [1.54, 1.807) is 0 Å². The van der Waals surface area contributed by atoms with Gasteiger partial charge in [0.1, 0.15) is 0 Å². The summed E-state index contributed by atoms with van der Waals surface area (Å²) in [4.78, 5) is 12.2. The van der Waals surface area contributed by atoms with Gasteiger partial charge in [-0.15, -0.1) is 0 Å². The Labute approximate surface area is 118 Å². The standard InChI is InChI=1S/C17H19NO2/c1-20-17(19)16(15-7-4-10-18-15)14-9-8-12-5-2-3-6-13(12)11-14/h2-3,5-6,8-9,11,15-16,18H,4,7,10H2,1H3/t15-,16+/m1/s1. The zero-order chi connectivity index (χ0) is 13.9. The number of esters is 1. The third-order valence-corrected chi connectivity index (χ3v) is 4.09. The van der Waals surface area contributed by atoms with Gasteiger partial charge in [0.2, 0.25) is 0 Å². The first-order chi connectivity index (χ1) is 9.79. The summed E-state index contributed by atoms with van der Waals surface area (Å²) >= 11 is 0. The molecule has 2 aromatic carbocycles. The zero-order valence-corrected chi connectivity index (χ0v) is 11.6. The molecule has 0 bridgehead atoms. The predicted octanol–water partition coefficient (Wildman–Crippen LogP) is 2.85. The van der Waals surface area contributed by atoms with Gasteiger partial charge < -0.3 is 10.1 Å². The van der Waals surface area contributed by atoms with Gasteiger partial charge in [-0.3, -0.25) is 4.79 Å². The van der Waals surface area contributed by atoms with E-state index < -0.39 is 0 Å². The average molecular weight is 269 g/mol. The van der Waals surface area contributed by atoms with Crippen molar-refractivity contribution in [3.63, 3.8) is 0 Å². The number of methoxy groups -OCH3 is 1. The molecule has 2 atom stereocenters. The third-order valence-electron chi connectivity index (χ3n) is 4.09. The van der Waals surface area contributed by atoms with Crippen LogP contribution in [0.1, 0.15) is 24.3 Å². The maximum atomic E-state index is 12.2. The number of ether oxygens (including phenoxy) is 1. The van der Waals surface area contributed by atoms with Gasteiger partial charge >= 0.3 is 5.97 Å². The highest BCUT2D eigenvalue weighted by molar-refractivity contribution is 5.86. The fraction of sp³-hybridized carbons (Fsp3) is 0.353. The van der Waals surface area contributed by atoms with E-state index in [9.17, 15) is 4.79 Å². The van der Waals surface area contributed by atoms with Crippen LogP contribution in [0.5, 0.6) is 0 Å². The average Bonchev–Trinajstić information content (AvgIpc) is 3.01. The molecule has 1 heterocycles. The van der Waals surface area contributed by atoms with Crippen molar-refractivity contribution in [2.75, 3.05) is 13.7 Å². The first kappa shape index (κ1) is 13.1. The van der Waals surface area contributed by atoms with Gasteiger partial charge in [0, 0.05) is 6.04 Å². The molecule has 1 fully saturated rings. The minimum atomic E-state index is -0.216. The minimum absolute atomic E-state index is 0.153. The van der Waals surface area contributed by atoms with Crippen molar-refractivity contribution in [3.05, 3.63) is 48.0 Å². The van der Waals surface area contributed by atoms with E-state index >= 15 is 0 Å². The van der Waals surface area contributed by atoms with Crippen LogP contribution in [0.25, 0.3) is 10.8 Å². The Kier molecular flexibility index (Phi) is 3.70. The Morgan fingerprint density at radius 2 is 2.05 bits per heavy atom. The summed E-state index contributed by atoms with van der Waals surface area (Å²) in [6.45, 7) is 0.978. The second-order valence-corrected chi connectivity index (χ2v) is 5.31. The van der Waals surface area contributed by atoms with Crippen LogP contribution >= 0.6 is 0 Å². The second kappa shape index (κ2) is 5.63. The Bertz CT molecular complexity index is 617. The second-order valence-electron chi connectivity index (χ2n) is 5.31. The van der Waals surface area contributed by atoms with E-state index in [4.69, 9.17) is 4.74 Å². The molecular weight excluding hydrogens is 250 g/mol. The highest BCUT2D eigenvalue weighted by atomic mass is 16.5. The van der Waals surface area contributed by atoms with E-state index in [0.29, 0.717) is 0 Å². The molecule has 1 aliphatic rings. The first-order valence-electron chi connectivity index (χ1n) is 7.09. The largest absolute Gasteiger partial charge is 0.469 e. The number of hydrogen-bond donors (Lipinski definition) is 1. The number of hydrogen-bond acceptors (Lipinski definition) is 3. The first-order valence-corrected chi connectivity index (χ1v) is 7.09. The van der Waals surface area contributed by atoms with Crippen molar-refractivity contribution in [3.8, 4) is 0 Å². The molecule has 3 rings (SSSR count). The van der Waals surface area contributed by atoms with Crippen molar-refractivity contribution in [1.82, 2.24) is 5.32 Å². The molecule has 1 N–H and O–H groups in total. The molecule has 0 amide bonds. The minimum Gasteiger partial charge on any atom is -0.469 e. The van der Waals surface area contributed by atoms with Crippen molar-refractivity contribution in [2.24, 2.45) is 0 Å². The van der Waals surface area contributed by atoms with E-state index in [2.05, 4.69) is 29.6 Å². The molecule has 1 saturated heterocycles. The van der Waals surface area contributed by atoms with Gasteiger partial charge in [-0.1, -0.05) is 42.5 Å². The lowest BCUT2D eigenvalue weighted by Gasteiger charge is -2.22. The molecule has 0 saturated carbocycles. The molecule has 0 aliphatic carbocycles. The molecule has 0 unspecified atom stereocenters. The normalized spacial score (nSPS) is 19.9. The van der Waals surface area contributed by atoms with Crippen LogP contribution in [-0.2, 0) is 9.53 Å². The van der Waals surface area contributed by atoms with Crippen LogP contribution in [0, 0.1) is 0 Å². The van der Waals surface area contributed by atoms with Crippen molar-refractivity contribution in [2.45, 2.75) is 24.8 Å². The molecular formula is C17H19NO2. The van der Waals surface area contributed by atoms with Crippen LogP contribution < -0.4 is 5.32 Å². The number of fused-ring (bicyclic) bond motifs is 1. The number of benzene rings is 2. The molecule has 1 aliphatic heterocycles. The van der Waals surface area contributed by atoms with Gasteiger partial charge in [0.25, 0.3) is 0 Å². The lowest BCUT2D eigenvalue weighted by molar-refractivity contribution is -0.143. The van der Waals surface area contributed by atoms with E-state index in [0.717, 1.165) is 30.3 Å². The zero-order valence-electron chi connectivity index (χ0n) is 11.6. The summed E-state index contributed by atoms with van der Waals surface area (Å²) in [6.07, 6.45) is 2.14. The van der Waals surface area contributed by atoms with E-state index in [1.165, 1.54) is 12.5 Å². The summed E-state index contributed by atoms with van der Waals surface area (Å²) in [5.41, 5.74) is 1.04. The van der Waals surface area contributed by atoms with Crippen LogP contribution in [0.2, 0.25) is 0 Å². The topological polar surface area (TPSA) is 38.3 Å². The van der Waals surface area contributed by atoms with Crippen molar-refractivity contribution < 1.29 is 9.53 Å². The number of carbonyl (C=O) groups is 1. The Morgan fingerprint density at radius 3 is 2.75 bits per heavy atom. The number of carbonyl (C=O) groups excluding carboxylic acids is 1. The lowest BCUT2D eigenvalue weighted by atomic mass is 9.89. The summed E-state index contributed by atoms with van der Waals surface area (Å²) < 4.78 is 5.01. The molecule has 3 heteroatoms. The Hall–Kier alpha value is -1.87. The molecule has 104 valence electrons. The monoisotopic (exact) mass is 269 g/mol. The van der Waals surface area contributed by atoms with Crippen LogP contribution in [0.15, 0.2) is 42.5 Å². The van der Waals surface area contributed by atoms with Crippen molar-refractivity contribution >= 4 is 16.7 Å². The predicted molar refractivity (Wildman–Crippen MR) is 79.7 cm³/mol. The number of rotatable bonds is 3. The lowest BCUT2D eigenvalue weighted by Crippen LogP contribution is -2.34. The molecule has 20 heavy (non-hydrogen) atoms. The van der Waals surface area contributed by atoms with Gasteiger partial charge in [0.05, 0.1) is 13.0 Å². The summed E-state index contributed by atoms with van der Waals surface area (Å²) in [7, 11) is 1.46. The van der Waals surface area contributed by atoms with Gasteiger partial charge in [0.15, 0.2) is 0 Å².